The van der Waals surface area contributed by atoms with E-state index in [1.807, 2.05) is 0 Å². The summed E-state index contributed by atoms with van der Waals surface area (Å²) in [5, 5.41) is 11.6. The number of halogens is 2. The molecule has 3 nitrogen and oxygen atoms in total. The van der Waals surface area contributed by atoms with Crippen molar-refractivity contribution < 1.29 is 9.90 Å². The van der Waals surface area contributed by atoms with Crippen LogP contribution in [-0.4, -0.2) is 24.2 Å². The first kappa shape index (κ1) is 11.3. The van der Waals surface area contributed by atoms with Gasteiger partial charge in [-0.1, -0.05) is 29.3 Å². The topological polar surface area (TPSA) is 49.3 Å². The summed E-state index contributed by atoms with van der Waals surface area (Å²) in [5.74, 6) is -0.341. The Morgan fingerprint density at radius 3 is 2.79 bits per heavy atom. The van der Waals surface area contributed by atoms with Crippen molar-refractivity contribution in [3.8, 4) is 0 Å². The Morgan fingerprint density at radius 1 is 1.43 bits per heavy atom. The van der Waals surface area contributed by atoms with Crippen LogP contribution < -0.4 is 5.32 Å². The summed E-state index contributed by atoms with van der Waals surface area (Å²) in [7, 11) is 0. The molecule has 0 aliphatic heterocycles. The molecular weight excluding hydrogens is 225 g/mol. The van der Waals surface area contributed by atoms with E-state index in [0.717, 1.165) is 0 Å². The van der Waals surface area contributed by atoms with Crippen LogP contribution in [0, 0.1) is 0 Å². The number of hydrogen-bond acceptors (Lipinski definition) is 2. The fourth-order valence-corrected chi connectivity index (χ4v) is 1.33. The standard InChI is InChI=1S/C9H9Cl2NO2/c10-7-3-1-2-6(8(7)11)9(14)12-4-5-13/h1-3,13H,4-5H2,(H,12,14). The average molecular weight is 234 g/mol. The Labute approximate surface area is 91.6 Å². The second-order valence-corrected chi connectivity index (χ2v) is 3.37. The second-order valence-electron chi connectivity index (χ2n) is 2.58. The summed E-state index contributed by atoms with van der Waals surface area (Å²) >= 11 is 11.5. The fourth-order valence-electron chi connectivity index (χ4n) is 0.944. The predicted molar refractivity (Wildman–Crippen MR) is 55.9 cm³/mol. The molecule has 0 aromatic heterocycles. The zero-order chi connectivity index (χ0) is 10.6. The minimum Gasteiger partial charge on any atom is -0.395 e. The molecule has 0 unspecified atom stereocenters. The van der Waals surface area contributed by atoms with E-state index >= 15 is 0 Å². The average Bonchev–Trinajstić information content (AvgIpc) is 2.18. The summed E-state index contributed by atoms with van der Waals surface area (Å²) in [6.07, 6.45) is 0. The number of amides is 1. The maximum Gasteiger partial charge on any atom is 0.252 e. The predicted octanol–water partition coefficient (Wildman–Crippen LogP) is 1.72. The highest BCUT2D eigenvalue weighted by Crippen LogP contribution is 2.25. The SMILES string of the molecule is O=C(NCCO)c1cccc(Cl)c1Cl. The lowest BCUT2D eigenvalue weighted by molar-refractivity contribution is 0.0945. The third-order valence-corrected chi connectivity index (χ3v) is 2.41. The first-order chi connectivity index (χ1) is 6.66. The lowest BCUT2D eigenvalue weighted by Crippen LogP contribution is -2.26. The molecule has 1 rings (SSSR count). The summed E-state index contributed by atoms with van der Waals surface area (Å²) < 4.78 is 0. The maximum absolute atomic E-state index is 11.4. The summed E-state index contributed by atoms with van der Waals surface area (Å²) in [6.45, 7) is 0.0889. The summed E-state index contributed by atoms with van der Waals surface area (Å²) in [5.41, 5.74) is 0.313. The highest BCUT2D eigenvalue weighted by molar-refractivity contribution is 6.43. The molecule has 0 bridgehead atoms. The molecule has 0 heterocycles. The molecule has 2 N–H and O–H groups in total. The van der Waals surface area contributed by atoms with Crippen molar-refractivity contribution in [3.63, 3.8) is 0 Å². The van der Waals surface area contributed by atoms with Crippen molar-refractivity contribution in [1.82, 2.24) is 5.32 Å². The van der Waals surface area contributed by atoms with E-state index in [0.29, 0.717) is 10.6 Å². The third kappa shape index (κ3) is 2.61. The summed E-state index contributed by atoms with van der Waals surface area (Å²) in [6, 6.07) is 4.82. The summed E-state index contributed by atoms with van der Waals surface area (Å²) in [4.78, 5) is 11.4. The van der Waals surface area contributed by atoms with Gasteiger partial charge in [-0.15, -0.1) is 0 Å². The van der Waals surface area contributed by atoms with Crippen LogP contribution in [0.15, 0.2) is 18.2 Å². The largest absolute Gasteiger partial charge is 0.395 e. The van der Waals surface area contributed by atoms with Crippen LogP contribution in [0.2, 0.25) is 10.0 Å². The van der Waals surface area contributed by atoms with Gasteiger partial charge in [-0.25, -0.2) is 0 Å². The molecule has 14 heavy (non-hydrogen) atoms. The van der Waals surface area contributed by atoms with Gasteiger partial charge in [0.2, 0.25) is 0 Å². The number of carbonyl (C=O) groups is 1. The lowest BCUT2D eigenvalue weighted by Gasteiger charge is -2.05. The van der Waals surface area contributed by atoms with Gasteiger partial charge >= 0.3 is 0 Å². The van der Waals surface area contributed by atoms with Gasteiger partial charge in [0.1, 0.15) is 0 Å². The number of aliphatic hydroxyl groups is 1. The van der Waals surface area contributed by atoms with E-state index in [4.69, 9.17) is 28.3 Å². The monoisotopic (exact) mass is 233 g/mol. The Morgan fingerprint density at radius 2 is 2.14 bits per heavy atom. The molecule has 0 fully saturated rings. The number of benzene rings is 1. The molecule has 1 aromatic carbocycles. The molecule has 1 aromatic rings. The highest BCUT2D eigenvalue weighted by Gasteiger charge is 2.11. The molecule has 1 amide bonds. The second kappa shape index (κ2) is 5.20. The van der Waals surface area contributed by atoms with Crippen molar-refractivity contribution in [2.24, 2.45) is 0 Å². The minimum atomic E-state index is -0.341. The Hall–Kier alpha value is -0.770. The molecule has 0 saturated heterocycles. The quantitative estimate of drug-likeness (QED) is 0.836. The van der Waals surface area contributed by atoms with E-state index in [1.54, 1.807) is 18.2 Å². The molecule has 0 aliphatic carbocycles. The number of hydrogen-bond donors (Lipinski definition) is 2. The number of aliphatic hydroxyl groups excluding tert-OH is 1. The van der Waals surface area contributed by atoms with E-state index in [-0.39, 0.29) is 24.1 Å². The normalized spacial score (nSPS) is 9.93. The molecule has 0 radical (unpaired) electrons. The van der Waals surface area contributed by atoms with Gasteiger partial charge in [-0.2, -0.15) is 0 Å². The Bertz CT molecular complexity index is 342. The van der Waals surface area contributed by atoms with E-state index < -0.39 is 0 Å². The van der Waals surface area contributed by atoms with Gasteiger partial charge < -0.3 is 10.4 Å². The molecular formula is C9H9Cl2NO2. The smallest absolute Gasteiger partial charge is 0.252 e. The molecule has 0 spiro atoms. The van der Waals surface area contributed by atoms with Crippen molar-refractivity contribution >= 4 is 29.1 Å². The van der Waals surface area contributed by atoms with Crippen LogP contribution in [0.5, 0.6) is 0 Å². The van der Waals surface area contributed by atoms with Crippen LogP contribution in [0.4, 0.5) is 0 Å². The fraction of sp³-hybridized carbons (Fsp3) is 0.222. The van der Waals surface area contributed by atoms with Crippen LogP contribution in [0.25, 0.3) is 0 Å². The van der Waals surface area contributed by atoms with Crippen LogP contribution in [0.3, 0.4) is 0 Å². The Balaban J connectivity index is 2.84. The number of carbonyl (C=O) groups excluding carboxylic acids is 1. The van der Waals surface area contributed by atoms with Crippen LogP contribution in [-0.2, 0) is 0 Å². The zero-order valence-corrected chi connectivity index (χ0v) is 8.77. The van der Waals surface area contributed by atoms with Crippen LogP contribution in [0.1, 0.15) is 10.4 Å². The molecule has 0 atom stereocenters. The first-order valence-electron chi connectivity index (χ1n) is 4.00. The van der Waals surface area contributed by atoms with E-state index in [1.165, 1.54) is 0 Å². The van der Waals surface area contributed by atoms with Crippen molar-refractivity contribution in [2.45, 2.75) is 0 Å². The first-order valence-corrected chi connectivity index (χ1v) is 4.75. The molecule has 5 heteroatoms. The van der Waals surface area contributed by atoms with Gasteiger partial charge in [0.25, 0.3) is 5.91 Å². The van der Waals surface area contributed by atoms with Crippen molar-refractivity contribution in [2.75, 3.05) is 13.2 Å². The van der Waals surface area contributed by atoms with Gasteiger partial charge in [0.15, 0.2) is 0 Å². The lowest BCUT2D eigenvalue weighted by atomic mass is 10.2. The van der Waals surface area contributed by atoms with Gasteiger partial charge in [0, 0.05) is 6.54 Å². The maximum atomic E-state index is 11.4. The minimum absolute atomic E-state index is 0.107. The number of nitrogens with one attached hydrogen (secondary N) is 1. The van der Waals surface area contributed by atoms with Crippen LogP contribution >= 0.6 is 23.2 Å². The van der Waals surface area contributed by atoms with Gasteiger partial charge in [-0.3, -0.25) is 4.79 Å². The van der Waals surface area contributed by atoms with E-state index in [2.05, 4.69) is 5.32 Å². The molecule has 76 valence electrons. The van der Waals surface area contributed by atoms with Gasteiger partial charge in [0.05, 0.1) is 22.2 Å². The molecule has 0 saturated carbocycles. The van der Waals surface area contributed by atoms with Crippen molar-refractivity contribution in [1.29, 1.82) is 0 Å². The number of rotatable bonds is 3. The molecule has 0 aliphatic rings. The van der Waals surface area contributed by atoms with Crippen molar-refractivity contribution in [3.05, 3.63) is 33.8 Å². The Kier molecular flexibility index (Phi) is 4.20. The zero-order valence-electron chi connectivity index (χ0n) is 7.26. The van der Waals surface area contributed by atoms with E-state index in [9.17, 15) is 4.79 Å². The third-order valence-electron chi connectivity index (χ3n) is 1.59. The highest BCUT2D eigenvalue weighted by atomic mass is 35.5. The van der Waals surface area contributed by atoms with Gasteiger partial charge in [-0.05, 0) is 12.1 Å².